The van der Waals surface area contributed by atoms with Gasteiger partial charge in [-0.1, -0.05) is 36.9 Å². The maximum absolute atomic E-state index is 5.84. The molecule has 0 saturated heterocycles. The first-order valence-corrected chi connectivity index (χ1v) is 10.00. The first kappa shape index (κ1) is 23.3. The van der Waals surface area contributed by atoms with Gasteiger partial charge in [-0.3, -0.25) is 0 Å². The van der Waals surface area contributed by atoms with E-state index >= 15 is 0 Å². The largest absolute Gasteiger partial charge is 0.500 e. The fourth-order valence-corrected chi connectivity index (χ4v) is 4.36. The van der Waals surface area contributed by atoms with Crippen molar-refractivity contribution in [3.8, 4) is 0 Å². The molecule has 1 aromatic rings. The molecule has 138 valence electrons. The molecular weight excluding hydrogens is 344 g/mol. The standard InChI is InChI=1S/C17H30N2O3Si.ClH/c1-4-16-9-5-6-10-17(16)15-19-12-8-14-23(20-2,21-3)22-13-7-11-18;/h4-6,9-10,19H,1,7-8,11-15,18H2,2-3H3;1H. The minimum atomic E-state index is -2.54. The van der Waals surface area contributed by atoms with Crippen molar-refractivity contribution in [2.75, 3.05) is 33.9 Å². The number of nitrogens with one attached hydrogen (secondary N) is 1. The Morgan fingerprint density at radius 2 is 1.92 bits per heavy atom. The second kappa shape index (κ2) is 13.5. The van der Waals surface area contributed by atoms with Gasteiger partial charge in [-0.15, -0.1) is 12.4 Å². The van der Waals surface area contributed by atoms with Gasteiger partial charge in [-0.25, -0.2) is 0 Å². The van der Waals surface area contributed by atoms with Crippen LogP contribution in [0.3, 0.4) is 0 Å². The molecule has 1 rings (SSSR count). The van der Waals surface area contributed by atoms with E-state index in [1.54, 1.807) is 14.2 Å². The summed E-state index contributed by atoms with van der Waals surface area (Å²) in [6.45, 7) is 6.75. The van der Waals surface area contributed by atoms with Crippen molar-refractivity contribution >= 4 is 27.3 Å². The summed E-state index contributed by atoms with van der Waals surface area (Å²) in [7, 11) is 0.778. The van der Waals surface area contributed by atoms with Crippen molar-refractivity contribution in [2.24, 2.45) is 5.73 Å². The van der Waals surface area contributed by atoms with E-state index in [2.05, 4.69) is 24.0 Å². The van der Waals surface area contributed by atoms with E-state index in [0.717, 1.165) is 32.0 Å². The number of hydrogen-bond donors (Lipinski definition) is 2. The van der Waals surface area contributed by atoms with Gasteiger partial charge in [0.25, 0.3) is 0 Å². The van der Waals surface area contributed by atoms with Crippen LogP contribution in [-0.4, -0.2) is 42.7 Å². The van der Waals surface area contributed by atoms with Crippen LogP contribution in [0.15, 0.2) is 30.8 Å². The highest BCUT2D eigenvalue weighted by Gasteiger charge is 2.38. The molecule has 0 aromatic heterocycles. The molecule has 0 spiro atoms. The van der Waals surface area contributed by atoms with Crippen LogP contribution in [0.2, 0.25) is 6.04 Å². The zero-order chi connectivity index (χ0) is 17.0. The topological polar surface area (TPSA) is 65.7 Å². The fourth-order valence-electron chi connectivity index (χ4n) is 2.34. The van der Waals surface area contributed by atoms with Crippen molar-refractivity contribution in [3.05, 3.63) is 42.0 Å². The Morgan fingerprint density at radius 1 is 1.21 bits per heavy atom. The Bertz CT molecular complexity index is 459. The summed E-state index contributed by atoms with van der Waals surface area (Å²) in [4.78, 5) is 0. The van der Waals surface area contributed by atoms with Crippen LogP contribution < -0.4 is 11.1 Å². The summed E-state index contributed by atoms with van der Waals surface area (Å²) in [5.74, 6) is 0. The van der Waals surface area contributed by atoms with Crippen LogP contribution in [0, 0.1) is 0 Å². The summed E-state index contributed by atoms with van der Waals surface area (Å²) in [5, 5.41) is 3.45. The lowest BCUT2D eigenvalue weighted by Gasteiger charge is -2.26. The molecule has 0 fully saturated rings. The van der Waals surface area contributed by atoms with Gasteiger partial charge in [0.1, 0.15) is 0 Å². The van der Waals surface area contributed by atoms with Crippen LogP contribution in [0.25, 0.3) is 6.08 Å². The first-order chi connectivity index (χ1) is 11.2. The van der Waals surface area contributed by atoms with Crippen LogP contribution >= 0.6 is 12.4 Å². The Balaban J connectivity index is 0.00000529. The van der Waals surface area contributed by atoms with E-state index in [1.165, 1.54) is 11.1 Å². The van der Waals surface area contributed by atoms with Gasteiger partial charge < -0.3 is 24.3 Å². The van der Waals surface area contributed by atoms with E-state index in [0.29, 0.717) is 13.2 Å². The van der Waals surface area contributed by atoms with E-state index in [9.17, 15) is 0 Å². The molecule has 0 aliphatic rings. The molecule has 0 atom stereocenters. The molecule has 0 radical (unpaired) electrons. The molecule has 0 heterocycles. The first-order valence-electron chi connectivity index (χ1n) is 8.06. The lowest BCUT2D eigenvalue weighted by atomic mass is 10.1. The summed E-state index contributed by atoms with van der Waals surface area (Å²) >= 11 is 0. The smallest absolute Gasteiger partial charge is 0.377 e. The van der Waals surface area contributed by atoms with Crippen molar-refractivity contribution < 1.29 is 13.3 Å². The van der Waals surface area contributed by atoms with Gasteiger partial charge in [0.05, 0.1) is 0 Å². The third-order valence-corrected chi connectivity index (χ3v) is 6.57. The highest BCUT2D eigenvalue weighted by molar-refractivity contribution is 6.60. The quantitative estimate of drug-likeness (QED) is 0.410. The van der Waals surface area contributed by atoms with Crippen LogP contribution in [0.4, 0.5) is 0 Å². The monoisotopic (exact) mass is 374 g/mol. The van der Waals surface area contributed by atoms with Crippen molar-refractivity contribution in [1.29, 1.82) is 0 Å². The number of rotatable bonds is 13. The van der Waals surface area contributed by atoms with E-state index in [4.69, 9.17) is 19.0 Å². The highest BCUT2D eigenvalue weighted by Crippen LogP contribution is 2.16. The Labute approximate surface area is 153 Å². The second-order valence-electron chi connectivity index (χ2n) is 5.27. The fraction of sp³-hybridized carbons (Fsp3) is 0.529. The van der Waals surface area contributed by atoms with E-state index in [-0.39, 0.29) is 12.4 Å². The molecule has 0 aliphatic carbocycles. The third-order valence-electron chi connectivity index (χ3n) is 3.72. The summed E-state index contributed by atoms with van der Waals surface area (Å²) < 4.78 is 16.9. The molecule has 3 N–H and O–H groups in total. The van der Waals surface area contributed by atoms with Gasteiger partial charge in [0.15, 0.2) is 0 Å². The predicted octanol–water partition coefficient (Wildman–Crippen LogP) is 2.83. The lowest BCUT2D eigenvalue weighted by Crippen LogP contribution is -2.44. The Kier molecular flexibility index (Phi) is 13.1. The zero-order valence-corrected chi connectivity index (χ0v) is 16.6. The molecule has 0 saturated carbocycles. The molecule has 1 aromatic carbocycles. The van der Waals surface area contributed by atoms with E-state index in [1.807, 2.05) is 18.2 Å². The van der Waals surface area contributed by atoms with Gasteiger partial charge >= 0.3 is 8.80 Å². The summed E-state index contributed by atoms with van der Waals surface area (Å²) in [6, 6.07) is 9.05. The minimum absolute atomic E-state index is 0. The molecule has 24 heavy (non-hydrogen) atoms. The number of halogens is 1. The van der Waals surface area contributed by atoms with Crippen molar-refractivity contribution in [3.63, 3.8) is 0 Å². The normalized spacial score (nSPS) is 11.1. The minimum Gasteiger partial charge on any atom is -0.377 e. The number of benzene rings is 1. The lowest BCUT2D eigenvalue weighted by molar-refractivity contribution is 0.0971. The molecule has 7 heteroatoms. The van der Waals surface area contributed by atoms with Gasteiger partial charge in [-0.05, 0) is 37.1 Å². The van der Waals surface area contributed by atoms with Crippen molar-refractivity contribution in [1.82, 2.24) is 5.32 Å². The maximum atomic E-state index is 5.84. The maximum Gasteiger partial charge on any atom is 0.500 e. The van der Waals surface area contributed by atoms with Gasteiger partial charge in [0, 0.05) is 33.4 Å². The van der Waals surface area contributed by atoms with Crippen molar-refractivity contribution in [2.45, 2.75) is 25.4 Å². The Morgan fingerprint density at radius 3 is 2.54 bits per heavy atom. The predicted molar refractivity (Wildman–Crippen MR) is 104 cm³/mol. The molecule has 0 unspecified atom stereocenters. The van der Waals surface area contributed by atoms with Crippen LogP contribution in [0.5, 0.6) is 0 Å². The van der Waals surface area contributed by atoms with Gasteiger partial charge in [0.2, 0.25) is 0 Å². The molecular formula is C17H31ClN2O3Si. The second-order valence-corrected chi connectivity index (χ2v) is 8.24. The number of hydrogen-bond acceptors (Lipinski definition) is 5. The number of nitrogens with two attached hydrogens (primary N) is 1. The van der Waals surface area contributed by atoms with E-state index < -0.39 is 8.80 Å². The third kappa shape index (κ3) is 7.89. The molecule has 0 bridgehead atoms. The SMILES string of the molecule is C=Cc1ccccc1CNCCC[Si](OC)(OC)OCCCN.Cl. The molecule has 0 aliphatic heterocycles. The average molecular weight is 375 g/mol. The van der Waals surface area contributed by atoms with Crippen LogP contribution in [0.1, 0.15) is 24.0 Å². The zero-order valence-electron chi connectivity index (χ0n) is 14.8. The average Bonchev–Trinajstić information content (AvgIpc) is 2.60. The summed E-state index contributed by atoms with van der Waals surface area (Å²) in [5.41, 5.74) is 7.92. The Hall–Kier alpha value is -0.733. The summed E-state index contributed by atoms with van der Waals surface area (Å²) in [6.07, 6.45) is 3.64. The highest BCUT2D eigenvalue weighted by atomic mass is 35.5. The molecule has 5 nitrogen and oxygen atoms in total. The molecule has 0 amide bonds. The van der Waals surface area contributed by atoms with Crippen LogP contribution in [-0.2, 0) is 19.8 Å². The van der Waals surface area contributed by atoms with Gasteiger partial charge in [-0.2, -0.15) is 0 Å².